The van der Waals surface area contributed by atoms with E-state index >= 15 is 0 Å². The summed E-state index contributed by atoms with van der Waals surface area (Å²) in [5.74, 6) is -0.453. The van der Waals surface area contributed by atoms with E-state index in [0.717, 1.165) is 24.7 Å². The van der Waals surface area contributed by atoms with Gasteiger partial charge in [0.25, 0.3) is 0 Å². The minimum atomic E-state index is -1.65. The Hall–Kier alpha value is -0.945. The molecule has 1 unspecified atom stereocenters. The summed E-state index contributed by atoms with van der Waals surface area (Å²) in [5.41, 5.74) is 0.684. The molecule has 1 saturated heterocycles. The van der Waals surface area contributed by atoms with Crippen LogP contribution in [0.2, 0.25) is 0 Å². The molecule has 1 heterocycles. The third-order valence-corrected chi connectivity index (χ3v) is 3.32. The molecule has 1 aliphatic rings. The van der Waals surface area contributed by atoms with Gasteiger partial charge < -0.3 is 14.8 Å². The lowest BCUT2D eigenvalue weighted by atomic mass is 9.79. The standard InChI is InChI=1S/C14H21BFNO3/c1-10-7-17(9-14(2,3)20-10)8-11-4-12(15(18)19)6-13(16)5-11/h4-6,10,18-19H,7-9H2,1-3H3. The van der Waals surface area contributed by atoms with E-state index in [-0.39, 0.29) is 17.2 Å². The molecule has 0 aromatic heterocycles. The molecule has 20 heavy (non-hydrogen) atoms. The van der Waals surface area contributed by atoms with Gasteiger partial charge in [0.2, 0.25) is 0 Å². The van der Waals surface area contributed by atoms with Crippen molar-refractivity contribution in [2.75, 3.05) is 13.1 Å². The molecular formula is C14H21BFNO3. The van der Waals surface area contributed by atoms with E-state index in [1.165, 1.54) is 6.07 Å². The van der Waals surface area contributed by atoms with Gasteiger partial charge in [0.05, 0.1) is 11.7 Å². The Morgan fingerprint density at radius 1 is 1.40 bits per heavy atom. The molecule has 1 aromatic rings. The lowest BCUT2D eigenvalue weighted by molar-refractivity contribution is -0.130. The van der Waals surface area contributed by atoms with Gasteiger partial charge >= 0.3 is 7.12 Å². The van der Waals surface area contributed by atoms with Crippen LogP contribution in [0.5, 0.6) is 0 Å². The van der Waals surface area contributed by atoms with Gasteiger partial charge in [0.15, 0.2) is 0 Å². The van der Waals surface area contributed by atoms with Gasteiger partial charge in [-0.15, -0.1) is 0 Å². The number of morpholine rings is 1. The monoisotopic (exact) mass is 281 g/mol. The molecule has 0 radical (unpaired) electrons. The molecular weight excluding hydrogens is 260 g/mol. The quantitative estimate of drug-likeness (QED) is 0.792. The number of ether oxygens (including phenoxy) is 1. The van der Waals surface area contributed by atoms with Crippen molar-refractivity contribution >= 4 is 12.6 Å². The fourth-order valence-electron chi connectivity index (χ4n) is 2.88. The topological polar surface area (TPSA) is 52.9 Å². The Bertz CT molecular complexity index is 481. The smallest absolute Gasteiger partial charge is 0.423 e. The highest BCUT2D eigenvalue weighted by Crippen LogP contribution is 2.22. The Morgan fingerprint density at radius 3 is 2.70 bits per heavy atom. The molecule has 1 atom stereocenters. The maximum atomic E-state index is 13.5. The number of benzene rings is 1. The number of hydrogen-bond acceptors (Lipinski definition) is 4. The van der Waals surface area contributed by atoms with E-state index in [2.05, 4.69) is 4.90 Å². The van der Waals surface area contributed by atoms with Crippen LogP contribution in [0.15, 0.2) is 18.2 Å². The molecule has 0 bridgehead atoms. The minimum Gasteiger partial charge on any atom is -0.423 e. The summed E-state index contributed by atoms with van der Waals surface area (Å²) < 4.78 is 19.3. The van der Waals surface area contributed by atoms with Crippen LogP contribution in [0.4, 0.5) is 4.39 Å². The first kappa shape index (κ1) is 15.4. The van der Waals surface area contributed by atoms with Gasteiger partial charge in [-0.3, -0.25) is 4.90 Å². The first-order valence-electron chi connectivity index (χ1n) is 6.81. The van der Waals surface area contributed by atoms with Crippen molar-refractivity contribution in [1.29, 1.82) is 0 Å². The predicted octanol–water partition coefficient (Wildman–Crippen LogP) is 0.505. The fourth-order valence-corrected chi connectivity index (χ4v) is 2.88. The Kier molecular flexibility index (Phi) is 4.49. The number of hydrogen-bond donors (Lipinski definition) is 2. The molecule has 2 rings (SSSR count). The second-order valence-electron chi connectivity index (χ2n) is 6.12. The van der Waals surface area contributed by atoms with Crippen LogP contribution in [0, 0.1) is 5.82 Å². The molecule has 6 heteroatoms. The molecule has 0 spiro atoms. The predicted molar refractivity (Wildman–Crippen MR) is 76.1 cm³/mol. The normalized spacial score (nSPS) is 22.8. The van der Waals surface area contributed by atoms with Gasteiger partial charge in [-0.25, -0.2) is 4.39 Å². The first-order chi connectivity index (χ1) is 9.25. The van der Waals surface area contributed by atoms with Crippen LogP contribution in [-0.4, -0.2) is 46.9 Å². The summed E-state index contributed by atoms with van der Waals surface area (Å²) in [7, 11) is -1.65. The van der Waals surface area contributed by atoms with E-state index < -0.39 is 12.9 Å². The maximum absolute atomic E-state index is 13.5. The van der Waals surface area contributed by atoms with Crippen molar-refractivity contribution in [1.82, 2.24) is 4.90 Å². The highest BCUT2D eigenvalue weighted by Gasteiger charge is 2.31. The number of halogens is 1. The van der Waals surface area contributed by atoms with E-state index in [4.69, 9.17) is 14.8 Å². The summed E-state index contributed by atoms with van der Waals surface area (Å²) in [6.45, 7) is 8.17. The zero-order chi connectivity index (χ0) is 14.9. The minimum absolute atomic E-state index is 0.121. The zero-order valence-corrected chi connectivity index (χ0v) is 12.1. The van der Waals surface area contributed by atoms with Gasteiger partial charge in [-0.2, -0.15) is 0 Å². The first-order valence-corrected chi connectivity index (χ1v) is 6.81. The third kappa shape index (κ3) is 4.02. The van der Waals surface area contributed by atoms with Crippen LogP contribution in [0.25, 0.3) is 0 Å². The lowest BCUT2D eigenvalue weighted by Gasteiger charge is -2.41. The molecule has 1 fully saturated rings. The summed E-state index contributed by atoms with van der Waals surface area (Å²) in [4.78, 5) is 2.19. The lowest BCUT2D eigenvalue weighted by Crippen LogP contribution is -2.51. The largest absolute Gasteiger partial charge is 0.488 e. The van der Waals surface area contributed by atoms with E-state index in [1.54, 1.807) is 6.07 Å². The average Bonchev–Trinajstić information content (AvgIpc) is 2.24. The Balaban J connectivity index is 2.13. The van der Waals surface area contributed by atoms with Gasteiger partial charge in [0.1, 0.15) is 5.82 Å². The molecule has 1 aliphatic heterocycles. The number of rotatable bonds is 3. The van der Waals surface area contributed by atoms with Crippen molar-refractivity contribution in [3.63, 3.8) is 0 Å². The van der Waals surface area contributed by atoms with Crippen molar-refractivity contribution in [3.05, 3.63) is 29.6 Å². The van der Waals surface area contributed by atoms with Crippen molar-refractivity contribution in [2.45, 2.75) is 39.0 Å². The van der Waals surface area contributed by atoms with Crippen LogP contribution in [-0.2, 0) is 11.3 Å². The summed E-state index contributed by atoms with van der Waals surface area (Å²) >= 11 is 0. The Morgan fingerprint density at radius 2 is 2.10 bits per heavy atom. The molecule has 4 nitrogen and oxygen atoms in total. The molecule has 2 N–H and O–H groups in total. The van der Waals surface area contributed by atoms with E-state index in [0.29, 0.717) is 6.54 Å². The van der Waals surface area contributed by atoms with Crippen LogP contribution in [0.3, 0.4) is 0 Å². The highest BCUT2D eigenvalue weighted by atomic mass is 19.1. The Labute approximate surface area is 119 Å². The SMILES string of the molecule is CC1CN(Cc2cc(F)cc(B(O)O)c2)CC(C)(C)O1. The maximum Gasteiger partial charge on any atom is 0.488 e. The number of nitrogens with zero attached hydrogens (tertiary/aromatic N) is 1. The van der Waals surface area contributed by atoms with Gasteiger partial charge in [0, 0.05) is 19.6 Å². The van der Waals surface area contributed by atoms with Gasteiger partial charge in [-0.1, -0.05) is 6.07 Å². The van der Waals surface area contributed by atoms with Crippen molar-refractivity contribution in [2.24, 2.45) is 0 Å². The molecule has 110 valence electrons. The fraction of sp³-hybridized carbons (Fsp3) is 0.571. The van der Waals surface area contributed by atoms with Crippen molar-refractivity contribution < 1.29 is 19.2 Å². The summed E-state index contributed by atoms with van der Waals surface area (Å²) in [5, 5.41) is 18.3. The summed E-state index contributed by atoms with van der Waals surface area (Å²) in [6.07, 6.45) is 0.121. The molecule has 0 aliphatic carbocycles. The molecule has 0 amide bonds. The third-order valence-electron chi connectivity index (χ3n) is 3.32. The van der Waals surface area contributed by atoms with Crippen molar-refractivity contribution in [3.8, 4) is 0 Å². The zero-order valence-electron chi connectivity index (χ0n) is 12.1. The highest BCUT2D eigenvalue weighted by molar-refractivity contribution is 6.58. The van der Waals surface area contributed by atoms with Crippen LogP contribution < -0.4 is 5.46 Å². The molecule has 1 aromatic carbocycles. The average molecular weight is 281 g/mol. The summed E-state index contributed by atoms with van der Waals surface area (Å²) in [6, 6.07) is 4.19. The van der Waals surface area contributed by atoms with Gasteiger partial charge in [-0.05, 0) is 43.9 Å². The van der Waals surface area contributed by atoms with E-state index in [9.17, 15) is 4.39 Å². The van der Waals surface area contributed by atoms with Crippen LogP contribution in [0.1, 0.15) is 26.3 Å². The second kappa shape index (κ2) is 5.81. The van der Waals surface area contributed by atoms with E-state index in [1.807, 2.05) is 20.8 Å². The molecule has 0 saturated carbocycles. The van der Waals surface area contributed by atoms with Crippen LogP contribution >= 0.6 is 0 Å². The second-order valence-corrected chi connectivity index (χ2v) is 6.12.